The second kappa shape index (κ2) is 11.7. The average molecular weight is 539 g/mol. The fourth-order valence-electron chi connectivity index (χ4n) is 2.68. The number of hydrogen-bond donors (Lipinski definition) is 2. The number of ether oxygens (including phenoxy) is 3. The maximum atomic E-state index is 13.3. The van der Waals surface area contributed by atoms with Crippen molar-refractivity contribution in [2.24, 2.45) is 4.99 Å². The number of rotatable bonds is 7. The molecule has 0 spiro atoms. The average Bonchev–Trinajstić information content (AvgIpc) is 2.72. The van der Waals surface area contributed by atoms with Gasteiger partial charge in [0.05, 0.1) is 26.9 Å². The van der Waals surface area contributed by atoms with Crippen molar-refractivity contribution in [1.82, 2.24) is 10.6 Å². The van der Waals surface area contributed by atoms with Crippen molar-refractivity contribution in [2.45, 2.75) is 19.3 Å². The number of benzene rings is 2. The second-order valence-electron chi connectivity index (χ2n) is 5.99. The Bertz CT molecular complexity index is 861. The van der Waals surface area contributed by atoms with E-state index in [1.54, 1.807) is 27.3 Å². The SMILES string of the molecule is CN=C(NCc1ccc(OC)c(OC)c1)NCc1ccc(OC)cc1C(F)(F)F.I. The zero-order valence-corrected chi connectivity index (χ0v) is 19.4. The molecule has 10 heteroatoms. The van der Waals surface area contributed by atoms with Gasteiger partial charge in [-0.25, -0.2) is 0 Å². The molecule has 0 amide bonds. The molecule has 0 aromatic heterocycles. The van der Waals surface area contributed by atoms with Crippen LogP contribution in [0.15, 0.2) is 41.4 Å². The predicted octanol–water partition coefficient (Wildman–Crippen LogP) is 4.21. The Kier molecular flexibility index (Phi) is 10.0. The van der Waals surface area contributed by atoms with Gasteiger partial charge in [0.15, 0.2) is 17.5 Å². The number of hydrogen-bond acceptors (Lipinski definition) is 4. The number of guanidine groups is 1. The summed E-state index contributed by atoms with van der Waals surface area (Å²) in [6, 6.07) is 9.30. The van der Waals surface area contributed by atoms with Crippen molar-refractivity contribution < 1.29 is 27.4 Å². The maximum absolute atomic E-state index is 13.3. The molecule has 0 saturated heterocycles. The summed E-state index contributed by atoms with van der Waals surface area (Å²) >= 11 is 0. The molecule has 0 radical (unpaired) electrons. The number of nitrogens with zero attached hydrogens (tertiary/aromatic N) is 1. The quantitative estimate of drug-likeness (QED) is 0.314. The van der Waals surface area contributed by atoms with Gasteiger partial charge < -0.3 is 24.8 Å². The number of methoxy groups -OCH3 is 3. The molecule has 0 atom stereocenters. The van der Waals surface area contributed by atoms with Crippen LogP contribution in [0.2, 0.25) is 0 Å². The van der Waals surface area contributed by atoms with Crippen LogP contribution in [0.3, 0.4) is 0 Å². The van der Waals surface area contributed by atoms with Gasteiger partial charge in [0.2, 0.25) is 0 Å². The van der Waals surface area contributed by atoms with E-state index < -0.39 is 11.7 Å². The lowest BCUT2D eigenvalue weighted by molar-refractivity contribution is -0.138. The number of nitrogens with one attached hydrogen (secondary N) is 2. The fourth-order valence-corrected chi connectivity index (χ4v) is 2.68. The molecule has 0 unspecified atom stereocenters. The lowest BCUT2D eigenvalue weighted by atomic mass is 10.1. The summed E-state index contributed by atoms with van der Waals surface area (Å²) in [4.78, 5) is 4.05. The van der Waals surface area contributed by atoms with Crippen molar-refractivity contribution in [3.05, 3.63) is 53.1 Å². The molecule has 6 nitrogen and oxygen atoms in total. The van der Waals surface area contributed by atoms with E-state index in [1.165, 1.54) is 19.2 Å². The van der Waals surface area contributed by atoms with Gasteiger partial charge in [0.1, 0.15) is 5.75 Å². The summed E-state index contributed by atoms with van der Waals surface area (Å²) in [7, 11) is 5.97. The van der Waals surface area contributed by atoms with Crippen LogP contribution < -0.4 is 24.8 Å². The Morgan fingerprint density at radius 2 is 1.57 bits per heavy atom. The number of halogens is 4. The predicted molar refractivity (Wildman–Crippen MR) is 120 cm³/mol. The van der Waals surface area contributed by atoms with Crippen LogP contribution in [0.25, 0.3) is 0 Å². The van der Waals surface area contributed by atoms with E-state index in [0.717, 1.165) is 11.6 Å². The van der Waals surface area contributed by atoms with Crippen molar-refractivity contribution in [3.63, 3.8) is 0 Å². The lowest BCUT2D eigenvalue weighted by Gasteiger charge is -2.17. The summed E-state index contributed by atoms with van der Waals surface area (Å²) in [5, 5.41) is 5.96. The fraction of sp³-hybridized carbons (Fsp3) is 0.350. The molecular formula is C20H25F3IN3O3. The van der Waals surface area contributed by atoms with Crippen LogP contribution in [0, 0.1) is 0 Å². The molecule has 30 heavy (non-hydrogen) atoms. The Hall–Kier alpha value is -2.37. The highest BCUT2D eigenvalue weighted by Gasteiger charge is 2.33. The van der Waals surface area contributed by atoms with Gasteiger partial charge in [0, 0.05) is 20.1 Å². The molecule has 2 rings (SSSR count). The van der Waals surface area contributed by atoms with Gasteiger partial charge >= 0.3 is 6.18 Å². The van der Waals surface area contributed by atoms with Gasteiger partial charge in [-0.2, -0.15) is 13.2 Å². The topological polar surface area (TPSA) is 64.1 Å². The normalized spacial score (nSPS) is 11.4. The third-order valence-electron chi connectivity index (χ3n) is 4.20. The molecule has 0 aliphatic carbocycles. The first-order valence-corrected chi connectivity index (χ1v) is 8.72. The summed E-state index contributed by atoms with van der Waals surface area (Å²) in [6.45, 7) is 0.346. The minimum absolute atomic E-state index is 0. The van der Waals surface area contributed by atoms with Crippen LogP contribution in [0.1, 0.15) is 16.7 Å². The molecule has 0 aliphatic heterocycles. The first-order chi connectivity index (χ1) is 13.8. The van der Waals surface area contributed by atoms with E-state index in [0.29, 0.717) is 24.0 Å². The Morgan fingerprint density at radius 3 is 2.13 bits per heavy atom. The van der Waals surface area contributed by atoms with Gasteiger partial charge in [-0.05, 0) is 35.4 Å². The third kappa shape index (κ3) is 6.85. The minimum atomic E-state index is -4.48. The molecule has 0 fully saturated rings. The molecule has 0 saturated carbocycles. The Balaban J connectivity index is 0.00000450. The van der Waals surface area contributed by atoms with Crippen LogP contribution in [-0.2, 0) is 19.3 Å². The van der Waals surface area contributed by atoms with Crippen molar-refractivity contribution in [2.75, 3.05) is 28.4 Å². The van der Waals surface area contributed by atoms with E-state index in [-0.39, 0.29) is 41.8 Å². The van der Waals surface area contributed by atoms with Crippen molar-refractivity contribution >= 4 is 29.9 Å². The highest BCUT2D eigenvalue weighted by Crippen LogP contribution is 2.34. The monoisotopic (exact) mass is 539 g/mol. The third-order valence-corrected chi connectivity index (χ3v) is 4.20. The Labute approximate surface area is 190 Å². The van der Waals surface area contributed by atoms with Gasteiger partial charge in [-0.1, -0.05) is 12.1 Å². The van der Waals surface area contributed by atoms with Gasteiger partial charge in [0.25, 0.3) is 0 Å². The first kappa shape index (κ1) is 25.7. The summed E-state index contributed by atoms with van der Waals surface area (Å²) in [5.74, 6) is 1.71. The smallest absolute Gasteiger partial charge is 0.416 e. The number of aliphatic imine (C=N–C) groups is 1. The van der Waals surface area contributed by atoms with E-state index in [4.69, 9.17) is 14.2 Å². The van der Waals surface area contributed by atoms with Gasteiger partial charge in [-0.3, -0.25) is 4.99 Å². The van der Waals surface area contributed by atoms with Crippen LogP contribution >= 0.6 is 24.0 Å². The van der Waals surface area contributed by atoms with E-state index in [9.17, 15) is 13.2 Å². The highest BCUT2D eigenvalue weighted by molar-refractivity contribution is 14.0. The summed E-state index contributed by atoms with van der Waals surface area (Å²) < 4.78 is 55.3. The standard InChI is InChI=1S/C20H24F3N3O3.HI/c1-24-19(25-11-13-5-8-17(28-3)18(9-13)29-4)26-12-14-6-7-15(27-2)10-16(14)20(21,22)23;/h5-10H,11-12H2,1-4H3,(H2,24,25,26);1H. The van der Waals surface area contributed by atoms with E-state index in [2.05, 4.69) is 15.6 Å². The molecule has 2 N–H and O–H groups in total. The summed E-state index contributed by atoms with van der Waals surface area (Å²) in [5.41, 5.74) is 0.234. The lowest BCUT2D eigenvalue weighted by Crippen LogP contribution is -2.36. The molecule has 2 aromatic carbocycles. The second-order valence-corrected chi connectivity index (χ2v) is 5.99. The minimum Gasteiger partial charge on any atom is -0.497 e. The van der Waals surface area contributed by atoms with Crippen LogP contribution in [0.4, 0.5) is 13.2 Å². The molecule has 0 heterocycles. The van der Waals surface area contributed by atoms with Crippen LogP contribution in [-0.4, -0.2) is 34.3 Å². The zero-order valence-electron chi connectivity index (χ0n) is 17.1. The zero-order chi connectivity index (χ0) is 21.4. The van der Waals surface area contributed by atoms with Gasteiger partial charge in [-0.15, -0.1) is 24.0 Å². The van der Waals surface area contributed by atoms with Crippen LogP contribution in [0.5, 0.6) is 17.2 Å². The number of alkyl halides is 3. The first-order valence-electron chi connectivity index (χ1n) is 8.72. The molecule has 0 bridgehead atoms. The molecule has 166 valence electrons. The Morgan fingerprint density at radius 1 is 0.900 bits per heavy atom. The molecule has 2 aromatic rings. The van der Waals surface area contributed by atoms with Crippen molar-refractivity contribution in [1.29, 1.82) is 0 Å². The van der Waals surface area contributed by atoms with E-state index in [1.807, 2.05) is 12.1 Å². The van der Waals surface area contributed by atoms with E-state index >= 15 is 0 Å². The maximum Gasteiger partial charge on any atom is 0.416 e. The largest absolute Gasteiger partial charge is 0.497 e. The van der Waals surface area contributed by atoms with Crippen molar-refractivity contribution in [3.8, 4) is 17.2 Å². The molecular weight excluding hydrogens is 514 g/mol. The highest BCUT2D eigenvalue weighted by atomic mass is 127. The molecule has 0 aliphatic rings. The summed E-state index contributed by atoms with van der Waals surface area (Å²) in [6.07, 6.45) is -4.48.